The number of halogens is 1. The van der Waals surface area contributed by atoms with Crippen molar-refractivity contribution in [3.63, 3.8) is 0 Å². The molecule has 0 aliphatic heterocycles. The van der Waals surface area contributed by atoms with Crippen molar-refractivity contribution in [3.8, 4) is 5.75 Å². The molecule has 0 aliphatic rings. The normalized spacial score (nSPS) is 10.7. The molecule has 23 heavy (non-hydrogen) atoms. The number of hydrazone groups is 1. The van der Waals surface area contributed by atoms with Crippen LogP contribution in [0.1, 0.15) is 22.2 Å². The van der Waals surface area contributed by atoms with Crippen LogP contribution >= 0.6 is 27.3 Å². The predicted molar refractivity (Wildman–Crippen MR) is 91.3 cm³/mol. The van der Waals surface area contributed by atoms with E-state index >= 15 is 0 Å². The molecule has 0 saturated heterocycles. The summed E-state index contributed by atoms with van der Waals surface area (Å²) in [5.74, 6) is 0.0206. The summed E-state index contributed by atoms with van der Waals surface area (Å²) < 4.78 is 6.14. The maximum Gasteiger partial charge on any atom is 0.324 e. The van der Waals surface area contributed by atoms with Gasteiger partial charge in [-0.15, -0.1) is 0 Å². The summed E-state index contributed by atoms with van der Waals surface area (Å²) in [5, 5.41) is 14.4. The minimum absolute atomic E-state index is 0.0170. The molecule has 0 bridgehead atoms. The summed E-state index contributed by atoms with van der Waals surface area (Å²) in [5.41, 5.74) is 2.72. The first kappa shape index (κ1) is 17.1. The molecule has 0 radical (unpaired) electrons. The van der Waals surface area contributed by atoms with Gasteiger partial charge >= 0.3 is 5.00 Å². The molecule has 2 rings (SSSR count). The Morgan fingerprint density at radius 1 is 1.48 bits per heavy atom. The van der Waals surface area contributed by atoms with Crippen LogP contribution < -0.4 is 10.2 Å². The van der Waals surface area contributed by atoms with Crippen LogP contribution in [0.2, 0.25) is 0 Å². The van der Waals surface area contributed by atoms with Crippen molar-refractivity contribution >= 4 is 44.4 Å². The van der Waals surface area contributed by atoms with E-state index < -0.39 is 10.8 Å². The Labute approximate surface area is 144 Å². The molecule has 1 aromatic carbocycles. The predicted octanol–water partition coefficient (Wildman–Crippen LogP) is 3.58. The molecule has 9 heteroatoms. The zero-order valence-corrected chi connectivity index (χ0v) is 14.4. The number of hydrogen-bond acceptors (Lipinski definition) is 6. The molecule has 0 unspecified atom stereocenters. The van der Waals surface area contributed by atoms with E-state index in [-0.39, 0.29) is 5.00 Å². The van der Waals surface area contributed by atoms with E-state index in [9.17, 15) is 14.9 Å². The molecule has 0 saturated carbocycles. The van der Waals surface area contributed by atoms with Crippen molar-refractivity contribution in [3.05, 3.63) is 55.4 Å². The van der Waals surface area contributed by atoms with Crippen LogP contribution in [0.5, 0.6) is 5.75 Å². The third kappa shape index (κ3) is 4.60. The number of rotatable bonds is 6. The Bertz CT molecular complexity index is 760. The van der Waals surface area contributed by atoms with E-state index in [2.05, 4.69) is 26.5 Å². The monoisotopic (exact) mass is 397 g/mol. The van der Waals surface area contributed by atoms with Gasteiger partial charge in [0.15, 0.2) is 0 Å². The fourth-order valence-electron chi connectivity index (χ4n) is 1.69. The Morgan fingerprint density at radius 2 is 2.26 bits per heavy atom. The quantitative estimate of drug-likeness (QED) is 0.457. The summed E-state index contributed by atoms with van der Waals surface area (Å²) >= 11 is 4.27. The number of carbonyl (C=O) groups is 1. The lowest BCUT2D eigenvalue weighted by Gasteiger charge is -2.09. The molecule has 1 aromatic heterocycles. The maximum atomic E-state index is 12.2. The molecule has 0 spiro atoms. The molecule has 120 valence electrons. The van der Waals surface area contributed by atoms with Gasteiger partial charge in [0.1, 0.15) is 5.75 Å². The van der Waals surface area contributed by atoms with Gasteiger partial charge in [-0.2, -0.15) is 5.10 Å². The van der Waals surface area contributed by atoms with Crippen LogP contribution in [-0.2, 0) is 0 Å². The van der Waals surface area contributed by atoms with Gasteiger partial charge in [-0.3, -0.25) is 14.9 Å². The summed E-state index contributed by atoms with van der Waals surface area (Å²) in [6.45, 7) is 2.26. The van der Waals surface area contributed by atoms with Crippen LogP contribution in [0.15, 0.2) is 39.9 Å². The van der Waals surface area contributed by atoms with Gasteiger partial charge in [0, 0.05) is 10.5 Å². The van der Waals surface area contributed by atoms with Crippen LogP contribution in [0.25, 0.3) is 0 Å². The second-order valence-electron chi connectivity index (χ2n) is 4.21. The summed E-state index contributed by atoms with van der Waals surface area (Å²) in [7, 11) is 0. The highest BCUT2D eigenvalue weighted by molar-refractivity contribution is 9.10. The third-order valence-electron chi connectivity index (χ3n) is 2.64. The second-order valence-corrected chi connectivity index (χ2v) is 6.22. The number of benzene rings is 1. The molecule has 0 fully saturated rings. The lowest BCUT2D eigenvalue weighted by molar-refractivity contribution is -0.380. The molecular formula is C14H12BrN3O4S. The molecular weight excluding hydrogens is 386 g/mol. The number of ether oxygens (including phenoxy) is 1. The lowest BCUT2D eigenvalue weighted by Crippen LogP contribution is -2.18. The Balaban J connectivity index is 2.08. The van der Waals surface area contributed by atoms with Crippen molar-refractivity contribution in [1.29, 1.82) is 0 Å². The van der Waals surface area contributed by atoms with Gasteiger partial charge < -0.3 is 4.74 Å². The largest absolute Gasteiger partial charge is 0.493 e. The van der Waals surface area contributed by atoms with E-state index in [1.165, 1.54) is 12.3 Å². The number of carbonyl (C=O) groups excluding carboxylic acids is 1. The molecule has 7 nitrogen and oxygen atoms in total. The Morgan fingerprint density at radius 3 is 2.91 bits per heavy atom. The average Bonchev–Trinajstić information content (AvgIpc) is 2.98. The van der Waals surface area contributed by atoms with Crippen LogP contribution in [0.3, 0.4) is 0 Å². The number of thiophene rings is 1. The van der Waals surface area contributed by atoms with Crippen LogP contribution in [0, 0.1) is 10.1 Å². The number of nitrogens with zero attached hydrogens (tertiary/aromatic N) is 2. The van der Waals surface area contributed by atoms with Crippen molar-refractivity contribution in [1.82, 2.24) is 5.43 Å². The molecule has 1 amide bonds. The number of nitrogens with one attached hydrogen (secondary N) is 1. The zero-order valence-electron chi connectivity index (χ0n) is 12.0. The lowest BCUT2D eigenvalue weighted by atomic mass is 10.2. The van der Waals surface area contributed by atoms with Gasteiger partial charge in [0.2, 0.25) is 0 Å². The van der Waals surface area contributed by atoms with Gasteiger partial charge in [0.25, 0.3) is 5.91 Å². The van der Waals surface area contributed by atoms with E-state index in [0.29, 0.717) is 22.8 Å². The average molecular weight is 398 g/mol. The first-order valence-electron chi connectivity index (χ1n) is 6.51. The fraction of sp³-hybridized carbons (Fsp3) is 0.143. The van der Waals surface area contributed by atoms with Gasteiger partial charge in [-0.25, -0.2) is 5.43 Å². The van der Waals surface area contributed by atoms with E-state index in [4.69, 9.17) is 4.74 Å². The van der Waals surface area contributed by atoms with E-state index in [1.807, 2.05) is 6.92 Å². The van der Waals surface area contributed by atoms with E-state index in [1.54, 1.807) is 24.3 Å². The van der Waals surface area contributed by atoms with Crippen LogP contribution in [0.4, 0.5) is 5.00 Å². The summed E-state index contributed by atoms with van der Waals surface area (Å²) in [6, 6.07) is 8.04. The third-order valence-corrected chi connectivity index (χ3v) is 4.10. The fourth-order valence-corrected chi connectivity index (χ4v) is 2.74. The Kier molecular flexibility index (Phi) is 5.83. The molecule has 2 aromatic rings. The molecule has 1 N–H and O–H groups in total. The zero-order chi connectivity index (χ0) is 16.8. The smallest absolute Gasteiger partial charge is 0.324 e. The number of hydrogen-bond donors (Lipinski definition) is 1. The summed E-state index contributed by atoms with van der Waals surface area (Å²) in [4.78, 5) is 22.9. The van der Waals surface area contributed by atoms with Gasteiger partial charge in [-0.1, -0.05) is 27.3 Å². The van der Waals surface area contributed by atoms with E-state index in [0.717, 1.165) is 15.8 Å². The topological polar surface area (TPSA) is 93.8 Å². The minimum atomic E-state index is -0.476. The first-order valence-corrected chi connectivity index (χ1v) is 8.12. The number of nitro groups is 1. The van der Waals surface area contributed by atoms with Crippen molar-refractivity contribution < 1.29 is 14.5 Å². The highest BCUT2D eigenvalue weighted by Crippen LogP contribution is 2.24. The standard InChI is InChI=1S/C14H12BrN3O4S/c1-2-22-12-5-3-9(15)7-11(12)14(19)17-16-8-10-4-6-13(23-10)18(20)21/h3-8H,2H2,1H3,(H,17,19). The van der Waals surface area contributed by atoms with Crippen molar-refractivity contribution in [2.75, 3.05) is 6.61 Å². The highest BCUT2D eigenvalue weighted by Gasteiger charge is 2.13. The minimum Gasteiger partial charge on any atom is -0.493 e. The Hall–Kier alpha value is -2.26. The number of amides is 1. The molecule has 0 atom stereocenters. The molecule has 1 heterocycles. The molecule has 0 aliphatic carbocycles. The highest BCUT2D eigenvalue weighted by atomic mass is 79.9. The van der Waals surface area contributed by atoms with Gasteiger partial charge in [0.05, 0.1) is 28.2 Å². The summed E-state index contributed by atoms with van der Waals surface area (Å²) in [6.07, 6.45) is 1.36. The van der Waals surface area contributed by atoms with Crippen molar-refractivity contribution in [2.24, 2.45) is 5.10 Å². The second kappa shape index (κ2) is 7.84. The van der Waals surface area contributed by atoms with Crippen LogP contribution in [-0.4, -0.2) is 23.7 Å². The first-order chi connectivity index (χ1) is 11.0. The van der Waals surface area contributed by atoms with Crippen molar-refractivity contribution in [2.45, 2.75) is 6.92 Å². The maximum absolute atomic E-state index is 12.2. The van der Waals surface area contributed by atoms with Gasteiger partial charge in [-0.05, 0) is 31.2 Å². The SMILES string of the molecule is CCOc1ccc(Br)cc1C(=O)NN=Cc1ccc([N+](=O)[O-])s1.